The van der Waals surface area contributed by atoms with Crippen molar-refractivity contribution in [2.75, 3.05) is 20.2 Å². The molecule has 8 heteroatoms. The SMILES string of the molecule is COc1cccc(CCC(=O)N2CCC(c3cc(=O)[nH]c(=O)[nH]3)C2)c1F. The van der Waals surface area contributed by atoms with Gasteiger partial charge in [-0.3, -0.25) is 14.6 Å². The maximum atomic E-state index is 14.1. The second-order valence-electron chi connectivity index (χ2n) is 6.30. The van der Waals surface area contributed by atoms with Gasteiger partial charge in [0, 0.05) is 37.2 Å². The third-order valence-electron chi connectivity index (χ3n) is 4.63. The molecule has 1 unspecified atom stereocenters. The van der Waals surface area contributed by atoms with Gasteiger partial charge in [-0.25, -0.2) is 9.18 Å². The predicted octanol–water partition coefficient (Wildman–Crippen LogP) is 1.16. The van der Waals surface area contributed by atoms with Crippen LogP contribution in [0.1, 0.15) is 30.0 Å². The summed E-state index contributed by atoms with van der Waals surface area (Å²) in [6, 6.07) is 6.22. The average molecular weight is 361 g/mol. The zero-order valence-electron chi connectivity index (χ0n) is 14.4. The standard InChI is InChI=1S/C18H20FN3O4/c1-26-14-4-2-3-11(17(14)19)5-6-16(24)22-8-7-12(10-22)13-9-15(23)21-18(25)20-13/h2-4,9,12H,5-8,10H2,1H3,(H2,20,21,23,25). The summed E-state index contributed by atoms with van der Waals surface area (Å²) < 4.78 is 19.1. The molecule has 1 aliphatic heterocycles. The summed E-state index contributed by atoms with van der Waals surface area (Å²) in [4.78, 5) is 41.7. The molecule has 1 atom stereocenters. The van der Waals surface area contributed by atoms with Crippen LogP contribution in [0.3, 0.4) is 0 Å². The number of H-pyrrole nitrogens is 2. The van der Waals surface area contributed by atoms with Crippen molar-refractivity contribution < 1.29 is 13.9 Å². The summed E-state index contributed by atoms with van der Waals surface area (Å²) in [5.41, 5.74) is -0.0342. The number of likely N-dealkylation sites (tertiary alicyclic amines) is 1. The number of hydrogen-bond acceptors (Lipinski definition) is 4. The van der Waals surface area contributed by atoms with E-state index in [1.165, 1.54) is 19.2 Å². The highest BCUT2D eigenvalue weighted by Crippen LogP contribution is 2.26. The molecular formula is C18H20FN3O4. The van der Waals surface area contributed by atoms with Crippen molar-refractivity contribution in [3.63, 3.8) is 0 Å². The van der Waals surface area contributed by atoms with Gasteiger partial charge in [0.2, 0.25) is 5.91 Å². The number of carbonyl (C=O) groups excluding carboxylic acids is 1. The van der Waals surface area contributed by atoms with E-state index in [1.807, 2.05) is 0 Å². The summed E-state index contributed by atoms with van der Waals surface area (Å²) >= 11 is 0. The average Bonchev–Trinajstić information content (AvgIpc) is 3.10. The number of rotatable bonds is 5. The predicted molar refractivity (Wildman–Crippen MR) is 92.9 cm³/mol. The number of benzene rings is 1. The van der Waals surface area contributed by atoms with Gasteiger partial charge in [-0.15, -0.1) is 0 Å². The third kappa shape index (κ3) is 3.84. The molecule has 1 aliphatic rings. The molecule has 2 aromatic rings. The van der Waals surface area contributed by atoms with Crippen molar-refractivity contribution in [1.82, 2.24) is 14.9 Å². The molecule has 1 fully saturated rings. The fourth-order valence-electron chi connectivity index (χ4n) is 3.25. The minimum Gasteiger partial charge on any atom is -0.494 e. The van der Waals surface area contributed by atoms with Gasteiger partial charge in [-0.1, -0.05) is 12.1 Å². The summed E-state index contributed by atoms with van der Waals surface area (Å²) in [7, 11) is 1.40. The van der Waals surface area contributed by atoms with Gasteiger partial charge in [-0.2, -0.15) is 0 Å². The van der Waals surface area contributed by atoms with Crippen molar-refractivity contribution in [2.45, 2.75) is 25.2 Å². The number of hydrogen-bond donors (Lipinski definition) is 2. The molecule has 2 N–H and O–H groups in total. The van der Waals surface area contributed by atoms with E-state index >= 15 is 0 Å². The number of methoxy groups -OCH3 is 1. The van der Waals surface area contributed by atoms with Crippen LogP contribution < -0.4 is 16.0 Å². The van der Waals surface area contributed by atoms with Crippen LogP contribution in [0.25, 0.3) is 0 Å². The first-order valence-corrected chi connectivity index (χ1v) is 8.40. The molecule has 0 bridgehead atoms. The first-order valence-electron chi connectivity index (χ1n) is 8.40. The van der Waals surface area contributed by atoms with Gasteiger partial charge in [0.1, 0.15) is 0 Å². The van der Waals surface area contributed by atoms with Crippen molar-refractivity contribution in [3.8, 4) is 5.75 Å². The molecule has 3 rings (SSSR count). The lowest BCUT2D eigenvalue weighted by atomic mass is 10.1. The molecule has 1 saturated heterocycles. The Kier molecular flexibility index (Phi) is 5.20. The Morgan fingerprint density at radius 2 is 2.15 bits per heavy atom. The van der Waals surface area contributed by atoms with Gasteiger partial charge in [-0.05, 0) is 24.5 Å². The van der Waals surface area contributed by atoms with Crippen molar-refractivity contribution in [2.24, 2.45) is 0 Å². The monoisotopic (exact) mass is 361 g/mol. The maximum Gasteiger partial charge on any atom is 0.325 e. The minimum absolute atomic E-state index is 0.0810. The number of aromatic nitrogens is 2. The van der Waals surface area contributed by atoms with Crippen LogP contribution in [-0.2, 0) is 11.2 Å². The van der Waals surface area contributed by atoms with E-state index < -0.39 is 17.1 Å². The lowest BCUT2D eigenvalue weighted by Crippen LogP contribution is -2.29. The van der Waals surface area contributed by atoms with Gasteiger partial charge < -0.3 is 14.6 Å². The smallest absolute Gasteiger partial charge is 0.325 e. The molecule has 0 spiro atoms. The molecule has 1 amide bonds. The normalized spacial score (nSPS) is 16.7. The lowest BCUT2D eigenvalue weighted by Gasteiger charge is -2.17. The summed E-state index contributed by atoms with van der Waals surface area (Å²) in [5, 5.41) is 0. The number of nitrogens with zero attached hydrogens (tertiary/aromatic N) is 1. The van der Waals surface area contributed by atoms with Crippen molar-refractivity contribution in [1.29, 1.82) is 0 Å². The Morgan fingerprint density at radius 3 is 2.88 bits per heavy atom. The van der Waals surface area contributed by atoms with Gasteiger partial charge >= 0.3 is 5.69 Å². The van der Waals surface area contributed by atoms with Gasteiger partial charge in [0.15, 0.2) is 11.6 Å². The Bertz CT molecular complexity index is 893. The van der Waals surface area contributed by atoms with E-state index in [9.17, 15) is 18.8 Å². The van der Waals surface area contributed by atoms with E-state index in [1.54, 1.807) is 17.0 Å². The van der Waals surface area contributed by atoms with E-state index in [0.29, 0.717) is 30.8 Å². The molecule has 1 aromatic carbocycles. The zero-order chi connectivity index (χ0) is 18.7. The van der Waals surface area contributed by atoms with Crippen LogP contribution in [0.2, 0.25) is 0 Å². The number of aromatic amines is 2. The van der Waals surface area contributed by atoms with Crippen LogP contribution in [0, 0.1) is 5.82 Å². The maximum absolute atomic E-state index is 14.1. The number of nitrogens with one attached hydrogen (secondary N) is 2. The highest BCUT2D eigenvalue weighted by Gasteiger charge is 2.28. The Balaban J connectivity index is 1.61. The van der Waals surface area contributed by atoms with E-state index in [0.717, 1.165) is 0 Å². The fraction of sp³-hybridized carbons (Fsp3) is 0.389. The third-order valence-corrected chi connectivity index (χ3v) is 4.63. The molecule has 0 aliphatic carbocycles. The largest absolute Gasteiger partial charge is 0.494 e. The van der Waals surface area contributed by atoms with Crippen molar-refractivity contribution in [3.05, 3.63) is 62.2 Å². The molecule has 138 valence electrons. The number of halogens is 1. The van der Waals surface area contributed by atoms with Crippen LogP contribution in [0.4, 0.5) is 4.39 Å². The van der Waals surface area contributed by atoms with E-state index in [-0.39, 0.29) is 30.4 Å². The Labute approximate surface area is 148 Å². The topological polar surface area (TPSA) is 95.3 Å². The lowest BCUT2D eigenvalue weighted by molar-refractivity contribution is -0.130. The molecule has 1 aromatic heterocycles. The summed E-state index contributed by atoms with van der Waals surface area (Å²) in [5.74, 6) is -0.443. The van der Waals surface area contributed by atoms with Gasteiger partial charge in [0.05, 0.1) is 7.11 Å². The van der Waals surface area contributed by atoms with Crippen LogP contribution >= 0.6 is 0 Å². The Morgan fingerprint density at radius 1 is 1.35 bits per heavy atom. The van der Waals surface area contributed by atoms with E-state index in [4.69, 9.17) is 4.74 Å². The zero-order valence-corrected chi connectivity index (χ0v) is 14.4. The van der Waals surface area contributed by atoms with Crippen LogP contribution in [0.15, 0.2) is 33.9 Å². The van der Waals surface area contributed by atoms with Crippen LogP contribution in [0.5, 0.6) is 5.75 Å². The summed E-state index contributed by atoms with van der Waals surface area (Å²) in [6.07, 6.45) is 1.13. The Hall–Kier alpha value is -2.90. The molecule has 7 nitrogen and oxygen atoms in total. The first-order chi connectivity index (χ1) is 12.5. The minimum atomic E-state index is -0.550. The number of aryl methyl sites for hydroxylation is 1. The van der Waals surface area contributed by atoms with Gasteiger partial charge in [0.25, 0.3) is 5.56 Å². The second kappa shape index (κ2) is 7.55. The highest BCUT2D eigenvalue weighted by molar-refractivity contribution is 5.76. The number of carbonyl (C=O) groups is 1. The molecule has 26 heavy (non-hydrogen) atoms. The molecule has 0 radical (unpaired) electrons. The first kappa shape index (κ1) is 17.9. The van der Waals surface area contributed by atoms with Crippen LogP contribution in [-0.4, -0.2) is 41.0 Å². The summed E-state index contributed by atoms with van der Waals surface area (Å²) in [6.45, 7) is 0.970. The molecule has 0 saturated carbocycles. The number of amides is 1. The fourth-order valence-corrected chi connectivity index (χ4v) is 3.25. The van der Waals surface area contributed by atoms with E-state index in [2.05, 4.69) is 9.97 Å². The quantitative estimate of drug-likeness (QED) is 0.835. The molecule has 2 heterocycles. The van der Waals surface area contributed by atoms with Crippen molar-refractivity contribution >= 4 is 5.91 Å². The molecular weight excluding hydrogens is 341 g/mol. The number of ether oxygens (including phenoxy) is 1. The second-order valence-corrected chi connectivity index (χ2v) is 6.30. The highest BCUT2D eigenvalue weighted by atomic mass is 19.1.